The molecule has 3 rings (SSSR count). The van der Waals surface area contributed by atoms with E-state index < -0.39 is 17.8 Å². The van der Waals surface area contributed by atoms with Crippen LogP contribution in [0.4, 0.5) is 4.79 Å². The molecule has 1 heterocycles. The van der Waals surface area contributed by atoms with E-state index >= 15 is 0 Å². The molecule has 154 valence electrons. The van der Waals surface area contributed by atoms with Crippen molar-refractivity contribution in [2.45, 2.75) is 26.7 Å². The second-order valence-corrected chi connectivity index (χ2v) is 7.12. The van der Waals surface area contributed by atoms with E-state index in [0.29, 0.717) is 11.1 Å². The molecule has 0 spiro atoms. The van der Waals surface area contributed by atoms with Gasteiger partial charge in [0.15, 0.2) is 0 Å². The summed E-state index contributed by atoms with van der Waals surface area (Å²) in [5.74, 6) is -1.78. The summed E-state index contributed by atoms with van der Waals surface area (Å²) in [4.78, 5) is 46.5. The van der Waals surface area contributed by atoms with Gasteiger partial charge in [0.2, 0.25) is 0 Å². The van der Waals surface area contributed by atoms with Gasteiger partial charge in [0.1, 0.15) is 5.57 Å². The third kappa shape index (κ3) is 4.63. The van der Waals surface area contributed by atoms with Crippen molar-refractivity contribution in [1.82, 2.24) is 10.6 Å². The summed E-state index contributed by atoms with van der Waals surface area (Å²) >= 11 is 0. The van der Waals surface area contributed by atoms with E-state index in [0.717, 1.165) is 29.5 Å². The number of barbiturate groups is 1. The number of rotatable bonds is 5. The minimum Gasteiger partial charge on any atom is -0.465 e. The predicted octanol–water partition coefficient (Wildman–Crippen LogP) is 2.62. The molecule has 0 radical (unpaired) electrons. The quantitative estimate of drug-likeness (QED) is 0.452. The first kappa shape index (κ1) is 21.0. The SMILES string of the molecule is COC(=O)c1ccc(CCc2c(C)cc(C=C3C(=O)NC(=O)NC3=O)cc2C)cc1. The largest absolute Gasteiger partial charge is 0.465 e. The van der Waals surface area contributed by atoms with E-state index in [4.69, 9.17) is 4.74 Å². The van der Waals surface area contributed by atoms with Crippen molar-refractivity contribution in [2.75, 3.05) is 7.11 Å². The Morgan fingerprint density at radius 1 is 0.933 bits per heavy atom. The Balaban J connectivity index is 1.76. The molecule has 2 aromatic rings. The zero-order valence-electron chi connectivity index (χ0n) is 17.0. The third-order valence-electron chi connectivity index (χ3n) is 5.01. The monoisotopic (exact) mass is 406 g/mol. The number of carbonyl (C=O) groups excluding carboxylic acids is 4. The summed E-state index contributed by atoms with van der Waals surface area (Å²) in [6, 6.07) is 10.3. The lowest BCUT2D eigenvalue weighted by Crippen LogP contribution is -2.51. The summed E-state index contributed by atoms with van der Waals surface area (Å²) in [7, 11) is 1.36. The predicted molar refractivity (Wildman–Crippen MR) is 111 cm³/mol. The molecule has 0 unspecified atom stereocenters. The molecule has 2 aromatic carbocycles. The van der Waals surface area contributed by atoms with Gasteiger partial charge >= 0.3 is 12.0 Å². The molecule has 0 bridgehead atoms. The van der Waals surface area contributed by atoms with Gasteiger partial charge in [-0.15, -0.1) is 0 Å². The number of aryl methyl sites for hydroxylation is 3. The highest BCUT2D eigenvalue weighted by molar-refractivity contribution is 6.31. The molecule has 0 aliphatic carbocycles. The van der Waals surface area contributed by atoms with Gasteiger partial charge in [0.05, 0.1) is 12.7 Å². The maximum Gasteiger partial charge on any atom is 0.337 e. The maximum absolute atomic E-state index is 11.9. The van der Waals surface area contributed by atoms with Crippen LogP contribution in [-0.4, -0.2) is 30.9 Å². The fourth-order valence-corrected chi connectivity index (χ4v) is 3.47. The molecular weight excluding hydrogens is 384 g/mol. The summed E-state index contributed by atoms with van der Waals surface area (Å²) in [5.41, 5.74) is 5.50. The maximum atomic E-state index is 11.9. The number of hydrogen-bond acceptors (Lipinski definition) is 5. The number of urea groups is 1. The van der Waals surface area contributed by atoms with Gasteiger partial charge in [0.25, 0.3) is 11.8 Å². The number of nitrogens with one attached hydrogen (secondary N) is 2. The Morgan fingerprint density at radius 3 is 2.03 bits per heavy atom. The number of esters is 1. The zero-order chi connectivity index (χ0) is 21.8. The summed E-state index contributed by atoms with van der Waals surface area (Å²) in [5, 5.41) is 4.13. The molecule has 1 fully saturated rings. The Labute approximate surface area is 174 Å². The lowest BCUT2D eigenvalue weighted by atomic mass is 9.93. The minimum atomic E-state index is -0.815. The Bertz CT molecular complexity index is 1020. The van der Waals surface area contributed by atoms with E-state index in [9.17, 15) is 19.2 Å². The van der Waals surface area contributed by atoms with Crippen molar-refractivity contribution in [3.8, 4) is 0 Å². The lowest BCUT2D eigenvalue weighted by molar-refractivity contribution is -0.123. The second kappa shape index (κ2) is 8.73. The van der Waals surface area contributed by atoms with Crippen LogP contribution < -0.4 is 10.6 Å². The highest BCUT2D eigenvalue weighted by atomic mass is 16.5. The van der Waals surface area contributed by atoms with Crippen LogP contribution in [0, 0.1) is 13.8 Å². The molecule has 2 N–H and O–H groups in total. The van der Waals surface area contributed by atoms with Crippen molar-refractivity contribution < 1.29 is 23.9 Å². The molecule has 4 amide bonds. The average molecular weight is 406 g/mol. The van der Waals surface area contributed by atoms with Crippen LogP contribution in [0.25, 0.3) is 6.08 Å². The average Bonchev–Trinajstić information content (AvgIpc) is 2.70. The molecule has 0 aromatic heterocycles. The molecule has 30 heavy (non-hydrogen) atoms. The fourth-order valence-electron chi connectivity index (χ4n) is 3.47. The van der Waals surface area contributed by atoms with E-state index in [1.165, 1.54) is 18.7 Å². The van der Waals surface area contributed by atoms with Crippen LogP contribution in [0.1, 0.15) is 38.2 Å². The summed E-state index contributed by atoms with van der Waals surface area (Å²) in [6.45, 7) is 3.96. The van der Waals surface area contributed by atoms with Crippen LogP contribution in [0.5, 0.6) is 0 Å². The van der Waals surface area contributed by atoms with Crippen LogP contribution in [-0.2, 0) is 27.2 Å². The number of imide groups is 2. The van der Waals surface area contributed by atoms with Gasteiger partial charge < -0.3 is 4.74 Å². The van der Waals surface area contributed by atoms with Crippen LogP contribution >= 0.6 is 0 Å². The van der Waals surface area contributed by atoms with Gasteiger partial charge in [-0.25, -0.2) is 9.59 Å². The zero-order valence-corrected chi connectivity index (χ0v) is 17.0. The summed E-state index contributed by atoms with van der Waals surface area (Å²) in [6.07, 6.45) is 3.09. The molecule has 1 aliphatic heterocycles. The van der Waals surface area contributed by atoms with Crippen molar-refractivity contribution in [2.24, 2.45) is 0 Å². The second-order valence-electron chi connectivity index (χ2n) is 7.12. The van der Waals surface area contributed by atoms with Crippen LogP contribution in [0.2, 0.25) is 0 Å². The Kier molecular flexibility index (Phi) is 6.11. The molecule has 7 heteroatoms. The van der Waals surface area contributed by atoms with Crippen molar-refractivity contribution >= 4 is 29.9 Å². The molecule has 1 aliphatic rings. The first-order valence-corrected chi connectivity index (χ1v) is 9.44. The normalized spacial score (nSPS) is 13.6. The van der Waals surface area contributed by atoms with Gasteiger partial charge in [-0.1, -0.05) is 24.3 Å². The Hall–Kier alpha value is -3.74. The number of hydrogen-bond donors (Lipinski definition) is 2. The first-order valence-electron chi connectivity index (χ1n) is 9.44. The Morgan fingerprint density at radius 2 is 1.50 bits per heavy atom. The van der Waals surface area contributed by atoms with Crippen molar-refractivity contribution in [1.29, 1.82) is 0 Å². The van der Waals surface area contributed by atoms with Gasteiger partial charge in [-0.3, -0.25) is 20.2 Å². The topological polar surface area (TPSA) is 102 Å². The van der Waals surface area contributed by atoms with E-state index in [-0.39, 0.29) is 11.5 Å². The van der Waals surface area contributed by atoms with Crippen LogP contribution in [0.3, 0.4) is 0 Å². The van der Waals surface area contributed by atoms with Crippen molar-refractivity contribution in [3.63, 3.8) is 0 Å². The van der Waals surface area contributed by atoms with Gasteiger partial charge in [-0.05, 0) is 72.7 Å². The highest BCUT2D eigenvalue weighted by Gasteiger charge is 2.27. The van der Waals surface area contributed by atoms with Gasteiger partial charge in [0, 0.05) is 0 Å². The number of ether oxygens (including phenoxy) is 1. The molecule has 7 nitrogen and oxygen atoms in total. The highest BCUT2D eigenvalue weighted by Crippen LogP contribution is 2.21. The van der Waals surface area contributed by atoms with Gasteiger partial charge in [-0.2, -0.15) is 0 Å². The summed E-state index contributed by atoms with van der Waals surface area (Å²) < 4.78 is 4.71. The molecule has 0 saturated carbocycles. The molecular formula is C23H22N2O5. The lowest BCUT2D eigenvalue weighted by Gasteiger charge is -2.15. The fraction of sp³-hybridized carbons (Fsp3) is 0.217. The van der Waals surface area contributed by atoms with E-state index in [2.05, 4.69) is 10.6 Å². The van der Waals surface area contributed by atoms with Crippen LogP contribution in [0.15, 0.2) is 42.0 Å². The number of methoxy groups -OCH3 is 1. The van der Waals surface area contributed by atoms with Crippen molar-refractivity contribution in [3.05, 3.63) is 75.4 Å². The van der Waals surface area contributed by atoms with E-state index in [1.54, 1.807) is 12.1 Å². The molecule has 0 atom stereocenters. The smallest absolute Gasteiger partial charge is 0.337 e. The number of carbonyl (C=O) groups is 4. The number of benzene rings is 2. The number of amides is 4. The van der Waals surface area contributed by atoms with E-state index in [1.807, 2.05) is 38.1 Å². The molecule has 1 saturated heterocycles. The minimum absolute atomic E-state index is 0.105. The first-order chi connectivity index (χ1) is 14.3. The third-order valence-corrected chi connectivity index (χ3v) is 5.01. The standard InChI is InChI=1S/C23H22N2O5/c1-13-10-16(12-19-20(26)24-23(29)25-21(19)27)11-14(2)18(13)9-6-15-4-7-17(8-5-15)22(28)30-3/h4-5,7-8,10-12H,6,9H2,1-3H3,(H2,24,25,26,27,29).